The molecule has 5 N–H and O–H groups in total. The Morgan fingerprint density at radius 1 is 1.43 bits per heavy atom. The lowest BCUT2D eigenvalue weighted by Crippen LogP contribution is -2.57. The third-order valence-corrected chi connectivity index (χ3v) is 2.14. The van der Waals surface area contributed by atoms with Crippen LogP contribution in [0.4, 0.5) is 0 Å². The molecule has 0 aliphatic heterocycles. The van der Waals surface area contributed by atoms with E-state index in [1.165, 1.54) is 0 Å². The molecule has 0 rings (SSSR count). The number of rotatable bonds is 5. The number of nitrogens with two attached hydrogens (primary N) is 1. The molecular formula is C9H20N2O3. The van der Waals surface area contributed by atoms with Crippen molar-refractivity contribution in [2.45, 2.75) is 32.4 Å². The Kier molecular flexibility index (Phi) is 5.04. The normalized spacial score (nSPS) is 14.2. The predicted octanol–water partition coefficient (Wildman–Crippen LogP) is -1.17. The minimum atomic E-state index is -0.996. The molecule has 5 nitrogen and oxygen atoms in total. The van der Waals surface area contributed by atoms with Gasteiger partial charge in [0.25, 0.3) is 0 Å². The van der Waals surface area contributed by atoms with Gasteiger partial charge in [0.2, 0.25) is 5.91 Å². The summed E-state index contributed by atoms with van der Waals surface area (Å²) in [5.41, 5.74) is 4.60. The van der Waals surface area contributed by atoms with E-state index in [1.807, 2.05) is 13.8 Å². The summed E-state index contributed by atoms with van der Waals surface area (Å²) in [6.45, 7) is 4.58. The SMILES string of the molecule is CC(C)[C@@H](N)C(=O)NC(C)(CO)CO. The Morgan fingerprint density at radius 3 is 2.14 bits per heavy atom. The van der Waals surface area contributed by atoms with Crippen molar-refractivity contribution in [1.29, 1.82) is 0 Å². The van der Waals surface area contributed by atoms with Crippen LogP contribution in [0.3, 0.4) is 0 Å². The summed E-state index contributed by atoms with van der Waals surface area (Å²) in [4.78, 5) is 11.5. The van der Waals surface area contributed by atoms with Crippen molar-refractivity contribution in [2.75, 3.05) is 13.2 Å². The van der Waals surface area contributed by atoms with Crippen LogP contribution < -0.4 is 11.1 Å². The van der Waals surface area contributed by atoms with E-state index in [4.69, 9.17) is 15.9 Å². The van der Waals surface area contributed by atoms with Crippen LogP contribution in [0.5, 0.6) is 0 Å². The fourth-order valence-electron chi connectivity index (χ4n) is 0.813. The molecule has 0 saturated carbocycles. The molecule has 0 spiro atoms. The second kappa shape index (κ2) is 5.29. The van der Waals surface area contributed by atoms with Gasteiger partial charge < -0.3 is 21.3 Å². The zero-order valence-corrected chi connectivity index (χ0v) is 8.95. The number of aliphatic hydroxyl groups is 2. The van der Waals surface area contributed by atoms with Gasteiger partial charge in [0.05, 0.1) is 24.8 Å². The predicted molar refractivity (Wildman–Crippen MR) is 53.5 cm³/mol. The van der Waals surface area contributed by atoms with Crippen molar-refractivity contribution in [2.24, 2.45) is 11.7 Å². The van der Waals surface area contributed by atoms with Crippen LogP contribution in [-0.4, -0.2) is 40.9 Å². The van der Waals surface area contributed by atoms with Crippen LogP contribution in [0, 0.1) is 5.92 Å². The van der Waals surface area contributed by atoms with E-state index in [1.54, 1.807) is 6.92 Å². The first-order valence-corrected chi connectivity index (χ1v) is 4.65. The Balaban J connectivity index is 4.30. The lowest BCUT2D eigenvalue weighted by Gasteiger charge is -2.28. The molecule has 0 aromatic heterocycles. The average molecular weight is 204 g/mol. The minimum absolute atomic E-state index is 0.0247. The molecule has 0 unspecified atom stereocenters. The third-order valence-electron chi connectivity index (χ3n) is 2.14. The van der Waals surface area contributed by atoms with Crippen molar-refractivity contribution >= 4 is 5.91 Å². The molecule has 0 heterocycles. The van der Waals surface area contributed by atoms with Crippen LogP contribution in [0.15, 0.2) is 0 Å². The number of hydrogen-bond acceptors (Lipinski definition) is 4. The summed E-state index contributed by atoms with van der Waals surface area (Å²) >= 11 is 0. The summed E-state index contributed by atoms with van der Waals surface area (Å²) in [7, 11) is 0. The molecule has 0 aromatic carbocycles. The maximum atomic E-state index is 11.5. The zero-order valence-electron chi connectivity index (χ0n) is 8.95. The summed E-state index contributed by atoms with van der Waals surface area (Å²) in [6, 6.07) is -0.618. The fraction of sp³-hybridized carbons (Fsp3) is 0.889. The fourth-order valence-corrected chi connectivity index (χ4v) is 0.813. The topological polar surface area (TPSA) is 95.6 Å². The number of aliphatic hydroxyl groups excluding tert-OH is 2. The lowest BCUT2D eigenvalue weighted by atomic mass is 10.0. The molecule has 0 aromatic rings. The van der Waals surface area contributed by atoms with E-state index in [2.05, 4.69) is 5.32 Å². The van der Waals surface area contributed by atoms with Crippen LogP contribution in [0.2, 0.25) is 0 Å². The number of nitrogens with one attached hydrogen (secondary N) is 1. The highest BCUT2D eigenvalue weighted by Crippen LogP contribution is 2.04. The Morgan fingerprint density at radius 2 is 1.86 bits per heavy atom. The highest BCUT2D eigenvalue weighted by atomic mass is 16.3. The molecule has 0 aliphatic carbocycles. The number of carbonyl (C=O) groups excluding carboxylic acids is 1. The number of carbonyl (C=O) groups is 1. The number of hydrogen-bond donors (Lipinski definition) is 4. The van der Waals surface area contributed by atoms with E-state index >= 15 is 0 Å². The van der Waals surface area contributed by atoms with Crippen LogP contribution in [-0.2, 0) is 4.79 Å². The van der Waals surface area contributed by atoms with Crippen molar-refractivity contribution < 1.29 is 15.0 Å². The summed E-state index contributed by atoms with van der Waals surface area (Å²) in [5, 5.41) is 20.4. The van der Waals surface area contributed by atoms with Crippen molar-refractivity contribution in [3.63, 3.8) is 0 Å². The molecule has 1 amide bonds. The molecule has 84 valence electrons. The van der Waals surface area contributed by atoms with Crippen molar-refractivity contribution in [3.05, 3.63) is 0 Å². The highest BCUT2D eigenvalue weighted by molar-refractivity contribution is 5.82. The maximum Gasteiger partial charge on any atom is 0.237 e. The Labute approximate surface area is 84.3 Å². The summed E-state index contributed by atoms with van der Waals surface area (Å²) in [5.74, 6) is -0.331. The molecular weight excluding hydrogens is 184 g/mol. The van der Waals surface area contributed by atoms with Crippen LogP contribution in [0.1, 0.15) is 20.8 Å². The minimum Gasteiger partial charge on any atom is -0.394 e. The van der Waals surface area contributed by atoms with Gasteiger partial charge in [-0.1, -0.05) is 13.8 Å². The van der Waals surface area contributed by atoms with E-state index in [0.717, 1.165) is 0 Å². The van der Waals surface area contributed by atoms with Crippen molar-refractivity contribution in [3.8, 4) is 0 Å². The van der Waals surface area contributed by atoms with Gasteiger partial charge in [0, 0.05) is 0 Å². The van der Waals surface area contributed by atoms with Gasteiger partial charge in [-0.2, -0.15) is 0 Å². The van der Waals surface area contributed by atoms with E-state index in [-0.39, 0.29) is 25.0 Å². The van der Waals surface area contributed by atoms with E-state index in [9.17, 15) is 4.79 Å². The summed E-state index contributed by atoms with van der Waals surface area (Å²) < 4.78 is 0. The third kappa shape index (κ3) is 3.61. The van der Waals surface area contributed by atoms with E-state index < -0.39 is 11.6 Å². The maximum absolute atomic E-state index is 11.5. The molecule has 0 bridgehead atoms. The van der Waals surface area contributed by atoms with Gasteiger partial charge in [-0.3, -0.25) is 4.79 Å². The molecule has 0 saturated heterocycles. The van der Waals surface area contributed by atoms with Gasteiger partial charge in [0.15, 0.2) is 0 Å². The van der Waals surface area contributed by atoms with Crippen LogP contribution >= 0.6 is 0 Å². The molecule has 0 radical (unpaired) electrons. The molecule has 0 aliphatic rings. The number of amides is 1. The molecule has 5 heteroatoms. The van der Waals surface area contributed by atoms with Gasteiger partial charge in [-0.25, -0.2) is 0 Å². The quantitative estimate of drug-likeness (QED) is 0.454. The second-order valence-electron chi connectivity index (χ2n) is 4.14. The smallest absolute Gasteiger partial charge is 0.237 e. The van der Waals surface area contributed by atoms with Crippen molar-refractivity contribution in [1.82, 2.24) is 5.32 Å². The second-order valence-corrected chi connectivity index (χ2v) is 4.14. The van der Waals surface area contributed by atoms with Gasteiger partial charge in [-0.05, 0) is 12.8 Å². The Bertz CT molecular complexity index is 190. The largest absolute Gasteiger partial charge is 0.394 e. The lowest BCUT2D eigenvalue weighted by molar-refractivity contribution is -0.126. The Hall–Kier alpha value is -0.650. The highest BCUT2D eigenvalue weighted by Gasteiger charge is 2.28. The molecule has 14 heavy (non-hydrogen) atoms. The van der Waals surface area contributed by atoms with Crippen LogP contribution in [0.25, 0.3) is 0 Å². The first-order valence-electron chi connectivity index (χ1n) is 4.65. The average Bonchev–Trinajstić information content (AvgIpc) is 2.16. The van der Waals surface area contributed by atoms with Gasteiger partial charge in [0.1, 0.15) is 0 Å². The zero-order chi connectivity index (χ0) is 11.4. The molecule has 0 fully saturated rings. The monoisotopic (exact) mass is 204 g/mol. The standard InChI is InChI=1S/C9H20N2O3/c1-6(2)7(10)8(14)11-9(3,4-12)5-13/h6-7,12-13H,4-5,10H2,1-3H3,(H,11,14)/t7-/m1/s1. The first-order chi connectivity index (χ1) is 6.36. The van der Waals surface area contributed by atoms with E-state index in [0.29, 0.717) is 0 Å². The molecule has 1 atom stereocenters. The van der Waals surface area contributed by atoms with Gasteiger partial charge >= 0.3 is 0 Å². The first kappa shape index (κ1) is 13.4. The summed E-state index contributed by atoms with van der Waals surface area (Å²) in [6.07, 6.45) is 0. The van der Waals surface area contributed by atoms with Gasteiger partial charge in [-0.15, -0.1) is 0 Å².